The molecule has 0 saturated carbocycles. The molecule has 3 heterocycles. The van der Waals surface area contributed by atoms with E-state index in [1.165, 1.54) is 0 Å². The first-order valence-electron chi connectivity index (χ1n) is 7.33. The predicted molar refractivity (Wildman–Crippen MR) is 73.1 cm³/mol. The minimum atomic E-state index is 0.158. The lowest BCUT2D eigenvalue weighted by atomic mass is 10.1. The molecule has 19 heavy (non-hydrogen) atoms. The number of hydrogen-bond donors (Lipinski definition) is 1. The van der Waals surface area contributed by atoms with E-state index in [0.29, 0.717) is 12.0 Å². The smallest absolute Gasteiger partial charge is 0.272 e. The quantitative estimate of drug-likeness (QED) is 0.880. The van der Waals surface area contributed by atoms with Gasteiger partial charge in [0.25, 0.3) is 5.91 Å². The highest BCUT2D eigenvalue weighted by Crippen LogP contribution is 2.28. The first kappa shape index (κ1) is 12.7. The highest BCUT2D eigenvalue weighted by atomic mass is 16.2. The van der Waals surface area contributed by atoms with E-state index < -0.39 is 0 Å². The fraction of sp³-hybridized carbons (Fsp3) is 0.714. The van der Waals surface area contributed by atoms with Gasteiger partial charge in [0.2, 0.25) is 0 Å². The molecule has 3 rings (SSSR count). The molecule has 0 aliphatic carbocycles. The van der Waals surface area contributed by atoms with Crippen LogP contribution in [0, 0.1) is 5.92 Å². The van der Waals surface area contributed by atoms with Crippen LogP contribution in [0.1, 0.15) is 36.5 Å². The van der Waals surface area contributed by atoms with Crippen molar-refractivity contribution in [3.8, 4) is 0 Å². The van der Waals surface area contributed by atoms with Gasteiger partial charge in [-0.1, -0.05) is 6.92 Å². The number of rotatable bonds is 3. The summed E-state index contributed by atoms with van der Waals surface area (Å²) in [5.41, 5.74) is 1.76. The summed E-state index contributed by atoms with van der Waals surface area (Å²) in [5.74, 6) is 0.804. The molecule has 5 heteroatoms. The Hall–Kier alpha value is -1.36. The van der Waals surface area contributed by atoms with E-state index >= 15 is 0 Å². The molecule has 1 aromatic rings. The van der Waals surface area contributed by atoms with Gasteiger partial charge in [0.15, 0.2) is 0 Å². The molecule has 104 valence electrons. The van der Waals surface area contributed by atoms with Gasteiger partial charge in [-0.3, -0.25) is 9.48 Å². The molecule has 0 radical (unpaired) electrons. The normalized spacial score (nSPS) is 25.9. The molecule has 2 atom stereocenters. The van der Waals surface area contributed by atoms with E-state index in [0.717, 1.165) is 50.4 Å². The third-order valence-corrected chi connectivity index (χ3v) is 4.42. The average molecular weight is 262 g/mol. The van der Waals surface area contributed by atoms with Crippen molar-refractivity contribution in [1.29, 1.82) is 0 Å². The van der Waals surface area contributed by atoms with Gasteiger partial charge in [0.05, 0.1) is 5.69 Å². The van der Waals surface area contributed by atoms with Crippen LogP contribution >= 0.6 is 0 Å². The number of amides is 1. The Morgan fingerprint density at radius 2 is 2.32 bits per heavy atom. The van der Waals surface area contributed by atoms with E-state index in [1.807, 2.05) is 22.6 Å². The molecular weight excluding hydrogens is 240 g/mol. The lowest BCUT2D eigenvalue weighted by Crippen LogP contribution is -2.40. The van der Waals surface area contributed by atoms with Crippen LogP contribution in [0.4, 0.5) is 0 Å². The Morgan fingerprint density at radius 1 is 1.47 bits per heavy atom. The number of aryl methyl sites for hydroxylation is 2. The van der Waals surface area contributed by atoms with Crippen LogP contribution in [0.3, 0.4) is 0 Å². The number of fused-ring (bicyclic) bond motifs is 1. The second-order valence-corrected chi connectivity index (χ2v) is 5.46. The van der Waals surface area contributed by atoms with Crippen LogP contribution in [0.15, 0.2) is 6.07 Å². The number of carbonyl (C=O) groups excluding carboxylic acids is 1. The summed E-state index contributed by atoms with van der Waals surface area (Å²) >= 11 is 0. The van der Waals surface area contributed by atoms with Crippen molar-refractivity contribution in [3.63, 3.8) is 0 Å². The molecule has 2 saturated heterocycles. The SMILES string of the molecule is CCc1cc(C(=O)N2CC[C@H]3CNC[C@H]32)n(CC)n1. The fourth-order valence-corrected chi connectivity index (χ4v) is 3.30. The minimum Gasteiger partial charge on any atom is -0.333 e. The van der Waals surface area contributed by atoms with E-state index in [9.17, 15) is 4.79 Å². The first-order chi connectivity index (χ1) is 9.24. The summed E-state index contributed by atoms with van der Waals surface area (Å²) in [5, 5.41) is 7.87. The van der Waals surface area contributed by atoms with Crippen molar-refractivity contribution in [2.45, 2.75) is 39.3 Å². The molecule has 0 aromatic carbocycles. The van der Waals surface area contributed by atoms with Crippen LogP contribution < -0.4 is 5.32 Å². The van der Waals surface area contributed by atoms with E-state index in [-0.39, 0.29) is 5.91 Å². The Balaban J connectivity index is 1.85. The lowest BCUT2D eigenvalue weighted by molar-refractivity contribution is 0.0724. The highest BCUT2D eigenvalue weighted by molar-refractivity contribution is 5.93. The second kappa shape index (κ2) is 4.96. The van der Waals surface area contributed by atoms with Gasteiger partial charge in [-0.2, -0.15) is 5.10 Å². The van der Waals surface area contributed by atoms with Gasteiger partial charge >= 0.3 is 0 Å². The standard InChI is InChI=1S/C14H22N4O/c1-3-11-7-12(18(4-2)16-11)14(19)17-6-5-10-8-15-9-13(10)17/h7,10,13,15H,3-6,8-9H2,1-2H3/t10-,13+/m0/s1. The summed E-state index contributed by atoms with van der Waals surface area (Å²) in [6.07, 6.45) is 2.01. The molecule has 1 aromatic heterocycles. The Labute approximate surface area is 114 Å². The van der Waals surface area contributed by atoms with Crippen LogP contribution in [-0.2, 0) is 13.0 Å². The van der Waals surface area contributed by atoms with Crippen molar-refractivity contribution in [2.75, 3.05) is 19.6 Å². The van der Waals surface area contributed by atoms with Crippen molar-refractivity contribution in [3.05, 3.63) is 17.5 Å². The van der Waals surface area contributed by atoms with E-state index in [1.54, 1.807) is 0 Å². The lowest BCUT2D eigenvalue weighted by Gasteiger charge is -2.23. The molecule has 1 N–H and O–H groups in total. The van der Waals surface area contributed by atoms with Crippen LogP contribution in [-0.4, -0.2) is 46.3 Å². The number of carbonyl (C=O) groups is 1. The number of nitrogens with zero attached hydrogens (tertiary/aromatic N) is 3. The van der Waals surface area contributed by atoms with Gasteiger partial charge in [-0.15, -0.1) is 0 Å². The molecule has 2 fully saturated rings. The van der Waals surface area contributed by atoms with Crippen molar-refractivity contribution in [1.82, 2.24) is 20.0 Å². The number of aromatic nitrogens is 2. The molecule has 2 aliphatic rings. The summed E-state index contributed by atoms with van der Waals surface area (Å²) in [4.78, 5) is 14.8. The maximum atomic E-state index is 12.7. The summed E-state index contributed by atoms with van der Waals surface area (Å²) in [6, 6.07) is 2.35. The maximum Gasteiger partial charge on any atom is 0.272 e. The molecule has 0 unspecified atom stereocenters. The van der Waals surface area contributed by atoms with Crippen molar-refractivity contribution in [2.24, 2.45) is 5.92 Å². The number of likely N-dealkylation sites (tertiary alicyclic amines) is 1. The van der Waals surface area contributed by atoms with Crippen LogP contribution in [0.2, 0.25) is 0 Å². The zero-order valence-corrected chi connectivity index (χ0v) is 11.7. The molecular formula is C14H22N4O. The van der Waals surface area contributed by atoms with E-state index in [2.05, 4.69) is 17.3 Å². The Bertz CT molecular complexity index is 482. The molecule has 5 nitrogen and oxygen atoms in total. The minimum absolute atomic E-state index is 0.158. The topological polar surface area (TPSA) is 50.2 Å². The Kier molecular flexibility index (Phi) is 3.31. The third kappa shape index (κ3) is 2.06. The fourth-order valence-electron chi connectivity index (χ4n) is 3.30. The predicted octanol–water partition coefficient (Wildman–Crippen LogP) is 0.899. The zero-order valence-electron chi connectivity index (χ0n) is 11.7. The monoisotopic (exact) mass is 262 g/mol. The second-order valence-electron chi connectivity index (χ2n) is 5.46. The maximum absolute atomic E-state index is 12.7. The average Bonchev–Trinajstić information content (AvgIpc) is 3.11. The molecule has 1 amide bonds. The molecule has 0 bridgehead atoms. The van der Waals surface area contributed by atoms with Crippen LogP contribution in [0.25, 0.3) is 0 Å². The van der Waals surface area contributed by atoms with E-state index in [4.69, 9.17) is 0 Å². The summed E-state index contributed by atoms with van der Waals surface area (Å²) < 4.78 is 1.84. The summed E-state index contributed by atoms with van der Waals surface area (Å²) in [6.45, 7) is 7.75. The van der Waals surface area contributed by atoms with Crippen molar-refractivity contribution >= 4 is 5.91 Å². The van der Waals surface area contributed by atoms with Crippen molar-refractivity contribution < 1.29 is 4.79 Å². The van der Waals surface area contributed by atoms with Gasteiger partial charge in [0, 0.05) is 32.2 Å². The van der Waals surface area contributed by atoms with Crippen LogP contribution in [0.5, 0.6) is 0 Å². The van der Waals surface area contributed by atoms with Gasteiger partial charge in [-0.25, -0.2) is 0 Å². The number of nitrogens with one attached hydrogen (secondary N) is 1. The molecule has 0 spiro atoms. The number of hydrogen-bond acceptors (Lipinski definition) is 3. The molecule has 2 aliphatic heterocycles. The van der Waals surface area contributed by atoms with Gasteiger partial charge in [-0.05, 0) is 31.7 Å². The highest BCUT2D eigenvalue weighted by Gasteiger charge is 2.40. The van der Waals surface area contributed by atoms with Gasteiger partial charge < -0.3 is 10.2 Å². The van der Waals surface area contributed by atoms with Gasteiger partial charge in [0.1, 0.15) is 5.69 Å². The Morgan fingerprint density at radius 3 is 3.05 bits per heavy atom. The zero-order chi connectivity index (χ0) is 13.4. The third-order valence-electron chi connectivity index (χ3n) is 4.42. The first-order valence-corrected chi connectivity index (χ1v) is 7.33. The summed E-state index contributed by atoms with van der Waals surface area (Å²) in [7, 11) is 0. The largest absolute Gasteiger partial charge is 0.333 e.